The van der Waals surface area contributed by atoms with Crippen molar-refractivity contribution in [1.29, 1.82) is 5.26 Å². The van der Waals surface area contributed by atoms with E-state index in [1.54, 1.807) is 11.3 Å². The average Bonchev–Trinajstić information content (AvgIpc) is 2.96. The molecule has 1 saturated carbocycles. The third-order valence-electron chi connectivity index (χ3n) is 4.10. The van der Waals surface area contributed by atoms with E-state index >= 15 is 0 Å². The third kappa shape index (κ3) is 4.82. The van der Waals surface area contributed by atoms with E-state index in [2.05, 4.69) is 21.8 Å². The first kappa shape index (κ1) is 16.0. The first-order chi connectivity index (χ1) is 10.2. The van der Waals surface area contributed by atoms with Crippen molar-refractivity contribution in [3.63, 3.8) is 0 Å². The molecule has 1 aliphatic carbocycles. The number of hydrogen-bond donors (Lipinski definition) is 1. The minimum atomic E-state index is -0.0414. The molecular weight excluding hydrogens is 282 g/mol. The maximum Gasteiger partial charge on any atom is 0.227 e. The van der Waals surface area contributed by atoms with Crippen LogP contribution < -0.4 is 5.32 Å². The van der Waals surface area contributed by atoms with Crippen LogP contribution in [0, 0.1) is 11.3 Å². The van der Waals surface area contributed by atoms with Gasteiger partial charge in [-0.1, -0.05) is 26.2 Å². The molecule has 1 amide bonds. The Morgan fingerprint density at radius 3 is 2.95 bits per heavy atom. The Morgan fingerprint density at radius 2 is 2.29 bits per heavy atom. The van der Waals surface area contributed by atoms with E-state index in [1.807, 2.05) is 6.92 Å². The van der Waals surface area contributed by atoms with Gasteiger partial charge in [-0.3, -0.25) is 4.79 Å². The smallest absolute Gasteiger partial charge is 0.227 e. The number of rotatable bonds is 6. The van der Waals surface area contributed by atoms with Crippen molar-refractivity contribution in [2.24, 2.45) is 0 Å². The highest BCUT2D eigenvalue weighted by molar-refractivity contribution is 7.09. The molecule has 5 heteroatoms. The Bertz CT molecular complexity index is 500. The predicted octanol–water partition coefficient (Wildman–Crippen LogP) is 3.54. The summed E-state index contributed by atoms with van der Waals surface area (Å²) in [4.78, 5) is 16.6. The Morgan fingerprint density at radius 1 is 1.52 bits per heavy atom. The molecule has 0 spiro atoms. The summed E-state index contributed by atoms with van der Waals surface area (Å²) in [5.41, 5.74) is 1.17. The van der Waals surface area contributed by atoms with Gasteiger partial charge in [0.2, 0.25) is 5.91 Å². The monoisotopic (exact) mass is 305 g/mol. The highest BCUT2D eigenvalue weighted by Crippen LogP contribution is 2.33. The van der Waals surface area contributed by atoms with E-state index in [4.69, 9.17) is 5.26 Å². The van der Waals surface area contributed by atoms with Crippen LogP contribution in [-0.2, 0) is 11.2 Å². The number of nitriles is 1. The zero-order valence-corrected chi connectivity index (χ0v) is 13.4. The number of carbonyl (C=O) groups excluding carboxylic acids is 1. The van der Waals surface area contributed by atoms with Crippen molar-refractivity contribution >= 4 is 17.2 Å². The quantitative estimate of drug-likeness (QED) is 0.874. The molecule has 0 aliphatic heterocycles. The topological polar surface area (TPSA) is 65.8 Å². The molecule has 1 atom stereocenters. The molecule has 0 aromatic carbocycles. The SMILES string of the molecule is CCC(CC#N)NC(=O)Cc1nc(C2CCCCC2)cs1. The van der Waals surface area contributed by atoms with Crippen LogP contribution in [0.15, 0.2) is 5.38 Å². The zero-order valence-electron chi connectivity index (χ0n) is 12.6. The van der Waals surface area contributed by atoms with Crippen molar-refractivity contribution in [3.05, 3.63) is 16.1 Å². The fourth-order valence-electron chi connectivity index (χ4n) is 2.82. The third-order valence-corrected chi connectivity index (χ3v) is 4.97. The second-order valence-corrected chi connectivity index (χ2v) is 6.66. The normalized spacial score (nSPS) is 17.1. The van der Waals surface area contributed by atoms with Crippen LogP contribution in [0.5, 0.6) is 0 Å². The van der Waals surface area contributed by atoms with Gasteiger partial charge < -0.3 is 5.32 Å². The van der Waals surface area contributed by atoms with Gasteiger partial charge in [-0.25, -0.2) is 4.98 Å². The first-order valence-electron chi connectivity index (χ1n) is 7.83. The molecule has 1 heterocycles. The highest BCUT2D eigenvalue weighted by Gasteiger charge is 2.19. The van der Waals surface area contributed by atoms with E-state index < -0.39 is 0 Å². The van der Waals surface area contributed by atoms with Gasteiger partial charge >= 0.3 is 0 Å². The molecule has 114 valence electrons. The lowest BCUT2D eigenvalue weighted by atomic mass is 9.87. The van der Waals surface area contributed by atoms with Crippen LogP contribution in [0.1, 0.15) is 68.5 Å². The number of nitrogens with zero attached hydrogens (tertiary/aromatic N) is 2. The highest BCUT2D eigenvalue weighted by atomic mass is 32.1. The molecule has 0 bridgehead atoms. The number of aromatic nitrogens is 1. The lowest BCUT2D eigenvalue weighted by Gasteiger charge is -2.19. The molecule has 1 N–H and O–H groups in total. The van der Waals surface area contributed by atoms with Gasteiger partial charge in [0.1, 0.15) is 5.01 Å². The lowest BCUT2D eigenvalue weighted by Crippen LogP contribution is -2.35. The number of hydrogen-bond acceptors (Lipinski definition) is 4. The number of amides is 1. The Labute approximate surface area is 130 Å². The van der Waals surface area contributed by atoms with Gasteiger partial charge in [0.05, 0.1) is 24.6 Å². The standard InChI is InChI=1S/C16H23N3OS/c1-2-13(8-9-17)18-15(20)10-16-19-14(11-21-16)12-6-4-3-5-7-12/h11-13H,2-8,10H2,1H3,(H,18,20). The fraction of sp³-hybridized carbons (Fsp3) is 0.688. The molecule has 1 aromatic heterocycles. The first-order valence-corrected chi connectivity index (χ1v) is 8.71. The molecule has 4 nitrogen and oxygen atoms in total. The molecular formula is C16H23N3OS. The van der Waals surface area contributed by atoms with E-state index in [0.29, 0.717) is 18.8 Å². The van der Waals surface area contributed by atoms with Crippen LogP contribution in [0.3, 0.4) is 0 Å². The molecule has 1 aromatic rings. The van der Waals surface area contributed by atoms with Crippen molar-refractivity contribution in [2.75, 3.05) is 0 Å². The Kier molecular flexibility index (Phi) is 6.19. The van der Waals surface area contributed by atoms with Gasteiger partial charge in [-0.05, 0) is 19.3 Å². The molecule has 0 radical (unpaired) electrons. The predicted molar refractivity (Wildman–Crippen MR) is 84.1 cm³/mol. The summed E-state index contributed by atoms with van der Waals surface area (Å²) in [5.74, 6) is 0.565. The second kappa shape index (κ2) is 8.14. The molecule has 1 aliphatic rings. The van der Waals surface area contributed by atoms with Gasteiger partial charge in [-0.15, -0.1) is 11.3 Å². The summed E-state index contributed by atoms with van der Waals surface area (Å²) in [6.07, 6.45) is 7.88. The van der Waals surface area contributed by atoms with E-state index in [0.717, 1.165) is 11.4 Å². The second-order valence-electron chi connectivity index (χ2n) is 5.71. The zero-order chi connectivity index (χ0) is 15.1. The lowest BCUT2D eigenvalue weighted by molar-refractivity contribution is -0.121. The van der Waals surface area contributed by atoms with E-state index in [-0.39, 0.29) is 11.9 Å². The van der Waals surface area contributed by atoms with Crippen molar-refractivity contribution < 1.29 is 4.79 Å². The van der Waals surface area contributed by atoms with Gasteiger partial charge in [0.25, 0.3) is 0 Å². The van der Waals surface area contributed by atoms with Crippen molar-refractivity contribution in [3.8, 4) is 6.07 Å². The summed E-state index contributed by atoms with van der Waals surface area (Å²) < 4.78 is 0. The van der Waals surface area contributed by atoms with Crippen LogP contribution in [0.25, 0.3) is 0 Å². The summed E-state index contributed by atoms with van der Waals surface area (Å²) in [6.45, 7) is 1.98. The van der Waals surface area contributed by atoms with Crippen molar-refractivity contribution in [2.45, 2.75) is 70.3 Å². The number of thiazole rings is 1. The molecule has 1 unspecified atom stereocenters. The minimum absolute atomic E-state index is 0.0263. The van der Waals surface area contributed by atoms with Crippen LogP contribution in [0.2, 0.25) is 0 Å². The van der Waals surface area contributed by atoms with Crippen LogP contribution in [0.4, 0.5) is 0 Å². The fourth-order valence-corrected chi connectivity index (χ4v) is 3.69. The van der Waals surface area contributed by atoms with E-state index in [1.165, 1.54) is 37.8 Å². The number of carbonyl (C=O) groups is 1. The Hall–Kier alpha value is -1.41. The largest absolute Gasteiger partial charge is 0.352 e. The summed E-state index contributed by atoms with van der Waals surface area (Å²) in [5, 5.41) is 14.6. The molecule has 21 heavy (non-hydrogen) atoms. The maximum atomic E-state index is 12.0. The number of nitrogens with one attached hydrogen (secondary N) is 1. The van der Waals surface area contributed by atoms with Gasteiger partial charge in [-0.2, -0.15) is 5.26 Å². The molecule has 1 fully saturated rings. The molecule has 2 rings (SSSR count). The summed E-state index contributed by atoms with van der Waals surface area (Å²) >= 11 is 1.58. The van der Waals surface area contributed by atoms with Gasteiger partial charge in [0, 0.05) is 17.3 Å². The van der Waals surface area contributed by atoms with Gasteiger partial charge in [0.15, 0.2) is 0 Å². The average molecular weight is 305 g/mol. The maximum absolute atomic E-state index is 12.0. The summed E-state index contributed by atoms with van der Waals surface area (Å²) in [7, 11) is 0. The summed E-state index contributed by atoms with van der Waals surface area (Å²) in [6, 6.07) is 2.07. The van der Waals surface area contributed by atoms with E-state index in [9.17, 15) is 4.79 Å². The minimum Gasteiger partial charge on any atom is -0.352 e. The van der Waals surface area contributed by atoms with Crippen molar-refractivity contribution in [1.82, 2.24) is 10.3 Å². The van der Waals surface area contributed by atoms with Crippen LogP contribution >= 0.6 is 11.3 Å². The molecule has 0 saturated heterocycles. The Balaban J connectivity index is 1.86. The van der Waals surface area contributed by atoms with Crippen LogP contribution in [-0.4, -0.2) is 16.9 Å².